The van der Waals surface area contributed by atoms with Gasteiger partial charge in [-0.25, -0.2) is 0 Å². The van der Waals surface area contributed by atoms with Gasteiger partial charge in [-0.3, -0.25) is 9.48 Å². The van der Waals surface area contributed by atoms with Crippen LogP contribution < -0.4 is 0 Å². The van der Waals surface area contributed by atoms with Gasteiger partial charge in [0.2, 0.25) is 0 Å². The van der Waals surface area contributed by atoms with Crippen LogP contribution in [0.15, 0.2) is 35.0 Å². The van der Waals surface area contributed by atoms with Crippen molar-refractivity contribution in [3.8, 4) is 0 Å². The highest BCUT2D eigenvalue weighted by atomic mass is 16.4. The zero-order valence-corrected chi connectivity index (χ0v) is 12.5. The van der Waals surface area contributed by atoms with Crippen LogP contribution in [0.4, 0.5) is 0 Å². The van der Waals surface area contributed by atoms with Crippen LogP contribution in [0.25, 0.3) is 0 Å². The zero-order valence-electron chi connectivity index (χ0n) is 12.5. The number of carbonyl (C=O) groups is 1. The lowest BCUT2D eigenvalue weighted by Gasteiger charge is -2.26. The van der Waals surface area contributed by atoms with E-state index < -0.39 is 0 Å². The molecule has 2 aromatic rings. The molecule has 0 unspecified atom stereocenters. The van der Waals surface area contributed by atoms with Crippen molar-refractivity contribution < 1.29 is 9.21 Å². The van der Waals surface area contributed by atoms with Gasteiger partial charge in [-0.05, 0) is 44.4 Å². The van der Waals surface area contributed by atoms with Gasteiger partial charge in [0.25, 0.3) is 5.91 Å². The molecule has 0 radical (unpaired) electrons. The van der Waals surface area contributed by atoms with Crippen molar-refractivity contribution in [2.75, 3.05) is 0 Å². The van der Waals surface area contributed by atoms with Gasteiger partial charge in [0, 0.05) is 24.5 Å². The number of amides is 1. The van der Waals surface area contributed by atoms with Crippen LogP contribution in [0.3, 0.4) is 0 Å². The molecule has 0 bridgehead atoms. The number of rotatable bonds is 4. The van der Waals surface area contributed by atoms with E-state index in [0.29, 0.717) is 24.4 Å². The van der Waals surface area contributed by atoms with Crippen LogP contribution in [0.1, 0.15) is 49.4 Å². The summed E-state index contributed by atoms with van der Waals surface area (Å²) < 4.78 is 7.50. The van der Waals surface area contributed by atoms with Gasteiger partial charge >= 0.3 is 0 Å². The quantitative estimate of drug-likeness (QED) is 0.868. The lowest BCUT2D eigenvalue weighted by atomic mass is 10.1. The van der Waals surface area contributed by atoms with Crippen molar-refractivity contribution in [3.63, 3.8) is 0 Å². The van der Waals surface area contributed by atoms with Crippen LogP contribution in [-0.2, 0) is 6.54 Å². The Morgan fingerprint density at radius 3 is 3.00 bits per heavy atom. The maximum atomic E-state index is 12.7. The van der Waals surface area contributed by atoms with Gasteiger partial charge in [0.15, 0.2) is 5.76 Å². The molecule has 3 heterocycles. The standard InChI is InChI=1S/C16H21N3O2/c1-3-13-6-5-12(2)19(13)16(20)15-8-7-14(21-15)11-18-10-4-9-17-18/h4,7-10,12-13H,3,5-6,11H2,1-2H3/t12-,13+/m1/s1. The number of carbonyl (C=O) groups excluding carboxylic acids is 1. The Hall–Kier alpha value is -2.04. The van der Waals surface area contributed by atoms with Crippen molar-refractivity contribution in [2.45, 2.75) is 51.7 Å². The molecular formula is C16H21N3O2. The fraction of sp³-hybridized carbons (Fsp3) is 0.500. The van der Waals surface area contributed by atoms with E-state index in [4.69, 9.17) is 4.42 Å². The predicted molar refractivity (Wildman–Crippen MR) is 79.0 cm³/mol. The van der Waals surface area contributed by atoms with Crippen LogP contribution in [0.5, 0.6) is 0 Å². The molecule has 5 nitrogen and oxygen atoms in total. The second-order valence-electron chi connectivity index (χ2n) is 5.67. The summed E-state index contributed by atoms with van der Waals surface area (Å²) in [6.45, 7) is 4.79. The first-order valence-electron chi connectivity index (χ1n) is 7.58. The molecule has 2 atom stereocenters. The summed E-state index contributed by atoms with van der Waals surface area (Å²) in [7, 11) is 0. The summed E-state index contributed by atoms with van der Waals surface area (Å²) >= 11 is 0. The average molecular weight is 287 g/mol. The van der Waals surface area contributed by atoms with E-state index in [2.05, 4.69) is 18.9 Å². The first-order valence-corrected chi connectivity index (χ1v) is 7.58. The third-order valence-corrected chi connectivity index (χ3v) is 4.24. The molecule has 1 saturated heterocycles. The molecular weight excluding hydrogens is 266 g/mol. The zero-order chi connectivity index (χ0) is 14.8. The van der Waals surface area contributed by atoms with Crippen molar-refractivity contribution in [3.05, 3.63) is 42.1 Å². The fourth-order valence-electron chi connectivity index (χ4n) is 3.10. The summed E-state index contributed by atoms with van der Waals surface area (Å²) in [5.41, 5.74) is 0. The van der Waals surface area contributed by atoms with E-state index in [1.54, 1.807) is 16.9 Å². The summed E-state index contributed by atoms with van der Waals surface area (Å²) in [5.74, 6) is 1.20. The Labute approximate surface area is 124 Å². The van der Waals surface area contributed by atoms with Crippen LogP contribution in [-0.4, -0.2) is 32.7 Å². The van der Waals surface area contributed by atoms with E-state index >= 15 is 0 Å². The molecule has 2 aromatic heterocycles. The maximum absolute atomic E-state index is 12.7. The van der Waals surface area contributed by atoms with Crippen LogP contribution in [0, 0.1) is 0 Å². The number of hydrogen-bond donors (Lipinski definition) is 0. The third-order valence-electron chi connectivity index (χ3n) is 4.24. The highest BCUT2D eigenvalue weighted by molar-refractivity contribution is 5.92. The Morgan fingerprint density at radius 2 is 2.29 bits per heavy atom. The van der Waals surface area contributed by atoms with Gasteiger partial charge in [0.05, 0.1) is 6.54 Å². The molecule has 0 aromatic carbocycles. The minimum atomic E-state index is 0.0126. The second-order valence-corrected chi connectivity index (χ2v) is 5.67. The summed E-state index contributed by atoms with van der Waals surface area (Å²) in [6.07, 6.45) is 6.76. The Balaban J connectivity index is 1.74. The molecule has 5 heteroatoms. The molecule has 0 aliphatic carbocycles. The minimum Gasteiger partial charge on any atom is -0.454 e. The summed E-state index contributed by atoms with van der Waals surface area (Å²) in [4.78, 5) is 14.6. The first kappa shape index (κ1) is 13.9. The molecule has 1 aliphatic heterocycles. The molecule has 1 aliphatic rings. The lowest BCUT2D eigenvalue weighted by Crippen LogP contribution is -2.39. The van der Waals surface area contributed by atoms with Crippen molar-refractivity contribution in [2.24, 2.45) is 0 Å². The SMILES string of the molecule is CC[C@H]1CC[C@@H](C)N1C(=O)c1ccc(Cn2cccn2)o1. The van der Waals surface area contributed by atoms with Crippen molar-refractivity contribution >= 4 is 5.91 Å². The van der Waals surface area contributed by atoms with Crippen molar-refractivity contribution in [1.29, 1.82) is 0 Å². The minimum absolute atomic E-state index is 0.0126. The molecule has 1 amide bonds. The van der Waals surface area contributed by atoms with Gasteiger partial charge in [0.1, 0.15) is 5.76 Å². The first-order chi connectivity index (χ1) is 10.2. The summed E-state index contributed by atoms with van der Waals surface area (Å²) in [5, 5.41) is 4.14. The van der Waals surface area contributed by atoms with Gasteiger partial charge in [-0.1, -0.05) is 6.92 Å². The van der Waals surface area contributed by atoms with E-state index in [9.17, 15) is 4.79 Å². The Morgan fingerprint density at radius 1 is 1.43 bits per heavy atom. The van der Waals surface area contributed by atoms with E-state index in [1.807, 2.05) is 23.2 Å². The predicted octanol–water partition coefficient (Wildman–Crippen LogP) is 2.93. The third kappa shape index (κ3) is 2.73. The fourth-order valence-corrected chi connectivity index (χ4v) is 3.10. The van der Waals surface area contributed by atoms with E-state index in [1.165, 1.54) is 0 Å². The molecule has 0 N–H and O–H groups in total. The van der Waals surface area contributed by atoms with Gasteiger partial charge in [-0.2, -0.15) is 5.10 Å². The van der Waals surface area contributed by atoms with E-state index in [0.717, 1.165) is 25.0 Å². The Kier molecular flexibility index (Phi) is 3.82. The highest BCUT2D eigenvalue weighted by Crippen LogP contribution is 2.28. The molecule has 1 fully saturated rings. The number of nitrogens with zero attached hydrogens (tertiary/aromatic N) is 3. The summed E-state index contributed by atoms with van der Waals surface area (Å²) in [6, 6.07) is 6.14. The number of aromatic nitrogens is 2. The molecule has 0 spiro atoms. The second kappa shape index (κ2) is 5.76. The molecule has 3 rings (SSSR count). The van der Waals surface area contributed by atoms with Gasteiger partial charge in [-0.15, -0.1) is 0 Å². The topological polar surface area (TPSA) is 51.3 Å². The average Bonchev–Trinajstić information content (AvgIpc) is 3.19. The normalized spacial score (nSPS) is 21.9. The molecule has 0 saturated carbocycles. The van der Waals surface area contributed by atoms with Crippen molar-refractivity contribution in [1.82, 2.24) is 14.7 Å². The smallest absolute Gasteiger partial charge is 0.290 e. The number of furan rings is 1. The van der Waals surface area contributed by atoms with Gasteiger partial charge < -0.3 is 9.32 Å². The Bertz CT molecular complexity index is 603. The number of hydrogen-bond acceptors (Lipinski definition) is 3. The molecule has 21 heavy (non-hydrogen) atoms. The van der Waals surface area contributed by atoms with Crippen LogP contribution >= 0.6 is 0 Å². The number of likely N-dealkylation sites (tertiary alicyclic amines) is 1. The lowest BCUT2D eigenvalue weighted by molar-refractivity contribution is 0.0641. The highest BCUT2D eigenvalue weighted by Gasteiger charge is 2.34. The maximum Gasteiger partial charge on any atom is 0.290 e. The monoisotopic (exact) mass is 287 g/mol. The van der Waals surface area contributed by atoms with E-state index in [-0.39, 0.29) is 5.91 Å². The largest absolute Gasteiger partial charge is 0.454 e. The van der Waals surface area contributed by atoms with Crippen LogP contribution in [0.2, 0.25) is 0 Å². The molecule has 112 valence electrons.